The highest BCUT2D eigenvalue weighted by Crippen LogP contribution is 2.25. The van der Waals surface area contributed by atoms with Gasteiger partial charge in [0.1, 0.15) is 0 Å². The molecule has 1 N–H and O–H groups in total. The summed E-state index contributed by atoms with van der Waals surface area (Å²) in [7, 11) is 3.64. The Bertz CT molecular complexity index is 240. The van der Waals surface area contributed by atoms with E-state index in [1.807, 2.05) is 21.0 Å². The Labute approximate surface area is 106 Å². The zero-order chi connectivity index (χ0) is 12.8. The number of nitrogens with zero attached hydrogens (tertiary/aromatic N) is 1. The predicted molar refractivity (Wildman–Crippen MR) is 71.9 cm³/mol. The first-order chi connectivity index (χ1) is 8.04. The van der Waals surface area contributed by atoms with Crippen LogP contribution in [0.15, 0.2) is 0 Å². The average molecular weight is 240 g/mol. The smallest absolute Gasteiger partial charge is 0.238 e. The van der Waals surface area contributed by atoms with E-state index in [1.165, 1.54) is 38.5 Å². The lowest BCUT2D eigenvalue weighted by Crippen LogP contribution is -2.46. The molecule has 3 unspecified atom stereocenters. The molecule has 0 aromatic carbocycles. The minimum absolute atomic E-state index is 0.0480. The molecular formula is C14H28N2O. The standard InChI is InChI=1S/C14H28N2O/c1-5-12-7-6-8-13(10-9-12)15-11(2)14(17)16(3)4/h11-13,15H,5-10H2,1-4H3. The molecule has 0 aromatic rings. The Balaban J connectivity index is 2.38. The van der Waals surface area contributed by atoms with E-state index in [4.69, 9.17) is 0 Å². The Hall–Kier alpha value is -0.570. The lowest BCUT2D eigenvalue weighted by atomic mass is 9.98. The van der Waals surface area contributed by atoms with Gasteiger partial charge in [0, 0.05) is 20.1 Å². The van der Waals surface area contributed by atoms with Gasteiger partial charge in [-0.25, -0.2) is 0 Å². The van der Waals surface area contributed by atoms with Crippen LogP contribution in [0.4, 0.5) is 0 Å². The number of carbonyl (C=O) groups excluding carboxylic acids is 1. The van der Waals surface area contributed by atoms with E-state index in [-0.39, 0.29) is 11.9 Å². The Morgan fingerprint density at radius 3 is 2.59 bits per heavy atom. The van der Waals surface area contributed by atoms with E-state index in [0.29, 0.717) is 6.04 Å². The summed E-state index contributed by atoms with van der Waals surface area (Å²) in [5.41, 5.74) is 0. The molecule has 1 fully saturated rings. The van der Waals surface area contributed by atoms with E-state index >= 15 is 0 Å². The van der Waals surface area contributed by atoms with Crippen molar-refractivity contribution < 1.29 is 4.79 Å². The van der Waals surface area contributed by atoms with Gasteiger partial charge in [-0.3, -0.25) is 4.79 Å². The third-order valence-electron chi connectivity index (χ3n) is 3.96. The van der Waals surface area contributed by atoms with Crippen LogP contribution in [-0.2, 0) is 4.79 Å². The third-order valence-corrected chi connectivity index (χ3v) is 3.96. The fourth-order valence-corrected chi connectivity index (χ4v) is 2.77. The van der Waals surface area contributed by atoms with Crippen LogP contribution in [0.25, 0.3) is 0 Å². The molecule has 17 heavy (non-hydrogen) atoms. The van der Waals surface area contributed by atoms with Crippen LogP contribution in [-0.4, -0.2) is 37.0 Å². The zero-order valence-electron chi connectivity index (χ0n) is 11.8. The lowest BCUT2D eigenvalue weighted by Gasteiger charge is -2.23. The molecule has 0 aliphatic heterocycles. The summed E-state index contributed by atoms with van der Waals surface area (Å²) in [6, 6.07) is 0.485. The normalized spacial score (nSPS) is 27.3. The summed E-state index contributed by atoms with van der Waals surface area (Å²) >= 11 is 0. The van der Waals surface area contributed by atoms with E-state index in [1.54, 1.807) is 4.90 Å². The van der Waals surface area contributed by atoms with Gasteiger partial charge in [-0.1, -0.05) is 26.2 Å². The first kappa shape index (κ1) is 14.5. The second-order valence-corrected chi connectivity index (χ2v) is 5.60. The highest BCUT2D eigenvalue weighted by Gasteiger charge is 2.22. The Kier molecular flexibility index (Phi) is 5.96. The molecule has 3 heteroatoms. The van der Waals surface area contributed by atoms with Crippen LogP contribution in [0.3, 0.4) is 0 Å². The quantitative estimate of drug-likeness (QED) is 0.765. The molecule has 0 bridgehead atoms. The summed E-state index contributed by atoms with van der Waals surface area (Å²) in [6.45, 7) is 4.27. The molecular weight excluding hydrogens is 212 g/mol. The van der Waals surface area contributed by atoms with Gasteiger partial charge < -0.3 is 10.2 Å². The summed E-state index contributed by atoms with van der Waals surface area (Å²) < 4.78 is 0. The molecule has 0 aromatic heterocycles. The Morgan fingerprint density at radius 2 is 2.00 bits per heavy atom. The maximum Gasteiger partial charge on any atom is 0.238 e. The molecule has 0 radical (unpaired) electrons. The van der Waals surface area contributed by atoms with Crippen LogP contribution < -0.4 is 5.32 Å². The van der Waals surface area contributed by atoms with Crippen molar-refractivity contribution in [2.24, 2.45) is 5.92 Å². The maximum absolute atomic E-state index is 11.8. The van der Waals surface area contributed by atoms with Crippen molar-refractivity contribution in [3.63, 3.8) is 0 Å². The van der Waals surface area contributed by atoms with Crippen molar-refractivity contribution in [3.05, 3.63) is 0 Å². The summed E-state index contributed by atoms with van der Waals surface area (Å²) in [5, 5.41) is 3.49. The van der Waals surface area contributed by atoms with Gasteiger partial charge in [0.25, 0.3) is 0 Å². The molecule has 0 spiro atoms. The minimum Gasteiger partial charge on any atom is -0.347 e. The fourth-order valence-electron chi connectivity index (χ4n) is 2.77. The first-order valence-electron chi connectivity index (χ1n) is 7.01. The van der Waals surface area contributed by atoms with Gasteiger partial charge in [-0.2, -0.15) is 0 Å². The van der Waals surface area contributed by atoms with Crippen molar-refractivity contribution in [3.8, 4) is 0 Å². The van der Waals surface area contributed by atoms with Gasteiger partial charge in [0.05, 0.1) is 6.04 Å². The van der Waals surface area contributed by atoms with Gasteiger partial charge in [-0.15, -0.1) is 0 Å². The van der Waals surface area contributed by atoms with Crippen LogP contribution in [0.5, 0.6) is 0 Å². The van der Waals surface area contributed by atoms with Crippen LogP contribution in [0.1, 0.15) is 52.4 Å². The molecule has 0 saturated heterocycles. The van der Waals surface area contributed by atoms with E-state index in [0.717, 1.165) is 5.92 Å². The predicted octanol–water partition coefficient (Wildman–Crippen LogP) is 2.41. The van der Waals surface area contributed by atoms with Crippen molar-refractivity contribution in [1.29, 1.82) is 0 Å². The first-order valence-corrected chi connectivity index (χ1v) is 7.01. The van der Waals surface area contributed by atoms with Gasteiger partial charge in [0.15, 0.2) is 0 Å². The number of rotatable bonds is 4. The molecule has 1 rings (SSSR count). The van der Waals surface area contributed by atoms with Crippen molar-refractivity contribution >= 4 is 5.91 Å². The fraction of sp³-hybridized carbons (Fsp3) is 0.929. The summed E-state index contributed by atoms with van der Waals surface area (Å²) in [6.07, 6.45) is 7.74. The molecule has 100 valence electrons. The maximum atomic E-state index is 11.8. The second kappa shape index (κ2) is 7.00. The molecule has 3 atom stereocenters. The molecule has 1 saturated carbocycles. The largest absolute Gasteiger partial charge is 0.347 e. The number of likely N-dealkylation sites (N-methyl/N-ethyl adjacent to an activating group) is 1. The van der Waals surface area contributed by atoms with Gasteiger partial charge in [-0.05, 0) is 32.1 Å². The highest BCUT2D eigenvalue weighted by atomic mass is 16.2. The second-order valence-electron chi connectivity index (χ2n) is 5.60. The van der Waals surface area contributed by atoms with Crippen LogP contribution >= 0.6 is 0 Å². The highest BCUT2D eigenvalue weighted by molar-refractivity contribution is 5.80. The van der Waals surface area contributed by atoms with Gasteiger partial charge in [0.2, 0.25) is 5.91 Å². The molecule has 1 aliphatic carbocycles. The van der Waals surface area contributed by atoms with Crippen molar-refractivity contribution in [1.82, 2.24) is 10.2 Å². The summed E-state index contributed by atoms with van der Waals surface area (Å²) in [4.78, 5) is 13.5. The minimum atomic E-state index is -0.0480. The van der Waals surface area contributed by atoms with Crippen LogP contribution in [0.2, 0.25) is 0 Å². The van der Waals surface area contributed by atoms with E-state index < -0.39 is 0 Å². The van der Waals surface area contributed by atoms with Crippen molar-refractivity contribution in [2.45, 2.75) is 64.5 Å². The molecule has 1 aliphatic rings. The number of amides is 1. The molecule has 3 nitrogen and oxygen atoms in total. The SMILES string of the molecule is CCC1CCCC(NC(C)C(=O)N(C)C)CC1. The molecule has 1 amide bonds. The van der Waals surface area contributed by atoms with E-state index in [9.17, 15) is 4.79 Å². The number of hydrogen-bond acceptors (Lipinski definition) is 2. The average Bonchev–Trinajstić information content (AvgIpc) is 2.53. The Morgan fingerprint density at radius 1 is 1.29 bits per heavy atom. The lowest BCUT2D eigenvalue weighted by molar-refractivity contribution is -0.130. The topological polar surface area (TPSA) is 32.3 Å². The van der Waals surface area contributed by atoms with Crippen molar-refractivity contribution in [2.75, 3.05) is 14.1 Å². The zero-order valence-corrected chi connectivity index (χ0v) is 11.8. The monoisotopic (exact) mass is 240 g/mol. The number of hydrogen-bond donors (Lipinski definition) is 1. The molecule has 0 heterocycles. The van der Waals surface area contributed by atoms with Gasteiger partial charge >= 0.3 is 0 Å². The number of nitrogens with one attached hydrogen (secondary N) is 1. The van der Waals surface area contributed by atoms with Crippen LogP contribution in [0, 0.1) is 5.92 Å². The van der Waals surface area contributed by atoms with E-state index in [2.05, 4.69) is 12.2 Å². The summed E-state index contributed by atoms with van der Waals surface area (Å²) in [5.74, 6) is 1.09. The third kappa shape index (κ3) is 4.66. The number of carbonyl (C=O) groups is 1.